The second-order valence-corrected chi connectivity index (χ2v) is 4.40. The molecule has 1 rings (SSSR count). The second-order valence-electron chi connectivity index (χ2n) is 4.40. The predicted molar refractivity (Wildman–Crippen MR) is 77.5 cm³/mol. The van der Waals surface area contributed by atoms with E-state index in [4.69, 9.17) is 10.5 Å². The van der Waals surface area contributed by atoms with Gasteiger partial charge in [0.1, 0.15) is 12.4 Å². The van der Waals surface area contributed by atoms with Crippen LogP contribution in [0.3, 0.4) is 0 Å². The predicted octanol–water partition coefficient (Wildman–Crippen LogP) is 0.831. The number of rotatable bonds is 7. The molecule has 110 valence electrons. The van der Waals surface area contributed by atoms with Gasteiger partial charge in [0.25, 0.3) is 0 Å². The summed E-state index contributed by atoms with van der Waals surface area (Å²) < 4.78 is 5.51. The Morgan fingerprint density at radius 1 is 1.30 bits per heavy atom. The molecule has 6 nitrogen and oxygen atoms in total. The number of hydrogen-bond donors (Lipinski definition) is 2. The summed E-state index contributed by atoms with van der Waals surface area (Å²) in [6.45, 7) is 2.80. The third-order valence-corrected chi connectivity index (χ3v) is 2.74. The maximum Gasteiger partial charge on any atom is 0.225 e. The maximum absolute atomic E-state index is 11.3. The highest BCUT2D eigenvalue weighted by atomic mass is 16.5. The van der Waals surface area contributed by atoms with Crippen LogP contribution < -0.4 is 15.8 Å². The van der Waals surface area contributed by atoms with E-state index in [9.17, 15) is 9.59 Å². The molecular formula is C14H21N3O3. The normalized spacial score (nSPS) is 9.95. The first-order chi connectivity index (χ1) is 9.52. The van der Waals surface area contributed by atoms with Gasteiger partial charge in [-0.05, 0) is 24.3 Å². The number of anilines is 1. The largest absolute Gasteiger partial charge is 0.492 e. The van der Waals surface area contributed by atoms with Gasteiger partial charge >= 0.3 is 0 Å². The van der Waals surface area contributed by atoms with Gasteiger partial charge in [-0.3, -0.25) is 9.59 Å². The van der Waals surface area contributed by atoms with E-state index in [0.29, 0.717) is 37.6 Å². The summed E-state index contributed by atoms with van der Waals surface area (Å²) in [5.74, 6) is 0.592. The summed E-state index contributed by atoms with van der Waals surface area (Å²) in [4.78, 5) is 23.9. The van der Waals surface area contributed by atoms with Crippen molar-refractivity contribution >= 4 is 17.5 Å². The fourth-order valence-electron chi connectivity index (χ4n) is 1.45. The molecule has 0 unspecified atom stereocenters. The molecule has 0 atom stereocenters. The van der Waals surface area contributed by atoms with Gasteiger partial charge in [0.2, 0.25) is 11.8 Å². The van der Waals surface area contributed by atoms with Crippen LogP contribution in [0, 0.1) is 0 Å². The Hall–Kier alpha value is -2.08. The van der Waals surface area contributed by atoms with Gasteiger partial charge in [0.05, 0.1) is 6.54 Å². The molecule has 3 N–H and O–H groups in total. The van der Waals surface area contributed by atoms with Crippen molar-refractivity contribution in [3.05, 3.63) is 24.3 Å². The van der Waals surface area contributed by atoms with Gasteiger partial charge in [-0.15, -0.1) is 0 Å². The number of amides is 2. The Kier molecular flexibility index (Phi) is 6.52. The van der Waals surface area contributed by atoms with Crippen LogP contribution in [-0.2, 0) is 9.59 Å². The molecule has 1 aromatic rings. The van der Waals surface area contributed by atoms with Crippen LogP contribution in [0.5, 0.6) is 5.75 Å². The molecule has 0 saturated heterocycles. The smallest absolute Gasteiger partial charge is 0.225 e. The first-order valence-electron chi connectivity index (χ1n) is 6.47. The average Bonchev–Trinajstić information content (AvgIpc) is 2.40. The van der Waals surface area contributed by atoms with Gasteiger partial charge in [0, 0.05) is 32.6 Å². The number of nitrogens with zero attached hydrogens (tertiary/aromatic N) is 1. The van der Waals surface area contributed by atoms with Crippen molar-refractivity contribution in [2.24, 2.45) is 5.73 Å². The van der Waals surface area contributed by atoms with Crippen molar-refractivity contribution in [3.63, 3.8) is 0 Å². The Morgan fingerprint density at radius 2 is 1.95 bits per heavy atom. The number of nitrogens with one attached hydrogen (secondary N) is 1. The molecule has 0 radical (unpaired) electrons. The summed E-state index contributed by atoms with van der Waals surface area (Å²) in [5.41, 5.74) is 6.00. The van der Waals surface area contributed by atoms with Crippen LogP contribution in [-0.4, -0.2) is 43.5 Å². The topological polar surface area (TPSA) is 84.7 Å². The summed E-state index contributed by atoms with van der Waals surface area (Å²) >= 11 is 0. The SMILES string of the molecule is CC(=O)N(C)CCOc1ccc(NC(=O)CCN)cc1. The molecule has 0 aliphatic rings. The van der Waals surface area contributed by atoms with Gasteiger partial charge in [-0.25, -0.2) is 0 Å². The van der Waals surface area contributed by atoms with E-state index in [0.717, 1.165) is 0 Å². The van der Waals surface area contributed by atoms with Crippen molar-refractivity contribution in [2.75, 3.05) is 32.1 Å². The fraction of sp³-hybridized carbons (Fsp3) is 0.429. The average molecular weight is 279 g/mol. The van der Waals surface area contributed by atoms with E-state index in [-0.39, 0.29) is 11.8 Å². The number of carbonyl (C=O) groups is 2. The Balaban J connectivity index is 2.39. The summed E-state index contributed by atoms with van der Waals surface area (Å²) in [6, 6.07) is 7.06. The molecule has 0 heterocycles. The van der Waals surface area contributed by atoms with E-state index in [1.165, 1.54) is 6.92 Å². The van der Waals surface area contributed by atoms with Crippen molar-refractivity contribution in [2.45, 2.75) is 13.3 Å². The van der Waals surface area contributed by atoms with E-state index in [1.54, 1.807) is 36.2 Å². The van der Waals surface area contributed by atoms with E-state index >= 15 is 0 Å². The summed E-state index contributed by atoms with van der Waals surface area (Å²) in [7, 11) is 1.72. The first kappa shape index (κ1) is 16.0. The van der Waals surface area contributed by atoms with E-state index in [1.807, 2.05) is 0 Å². The molecule has 0 aliphatic carbocycles. The molecule has 0 spiro atoms. The highest BCUT2D eigenvalue weighted by Gasteiger charge is 2.03. The zero-order chi connectivity index (χ0) is 15.0. The number of nitrogens with two attached hydrogens (primary N) is 1. The van der Waals surface area contributed by atoms with Gasteiger partial charge in [-0.1, -0.05) is 0 Å². The Morgan fingerprint density at radius 3 is 2.50 bits per heavy atom. The Labute approximate surface area is 118 Å². The maximum atomic E-state index is 11.3. The van der Waals surface area contributed by atoms with Crippen LogP contribution >= 0.6 is 0 Å². The number of carbonyl (C=O) groups excluding carboxylic acids is 2. The standard InChI is InChI=1S/C14H21N3O3/c1-11(18)17(2)9-10-20-13-5-3-12(4-6-13)16-14(19)7-8-15/h3-6H,7-10,15H2,1-2H3,(H,16,19). The lowest BCUT2D eigenvalue weighted by molar-refractivity contribution is -0.127. The monoisotopic (exact) mass is 279 g/mol. The molecule has 1 aromatic carbocycles. The highest BCUT2D eigenvalue weighted by Crippen LogP contribution is 2.15. The molecule has 0 aliphatic heterocycles. The van der Waals surface area contributed by atoms with E-state index < -0.39 is 0 Å². The molecule has 0 aromatic heterocycles. The highest BCUT2D eigenvalue weighted by molar-refractivity contribution is 5.90. The molecule has 0 saturated carbocycles. The molecule has 6 heteroatoms. The lowest BCUT2D eigenvalue weighted by Crippen LogP contribution is -2.28. The van der Waals surface area contributed by atoms with Crippen molar-refractivity contribution < 1.29 is 14.3 Å². The van der Waals surface area contributed by atoms with Crippen LogP contribution in [0.1, 0.15) is 13.3 Å². The second kappa shape index (κ2) is 8.16. The molecular weight excluding hydrogens is 258 g/mol. The summed E-state index contributed by atoms with van der Waals surface area (Å²) in [6.07, 6.45) is 0.301. The van der Waals surface area contributed by atoms with Crippen LogP contribution in [0.15, 0.2) is 24.3 Å². The number of benzene rings is 1. The quantitative estimate of drug-likeness (QED) is 0.774. The van der Waals surface area contributed by atoms with Gasteiger partial charge < -0.3 is 20.7 Å². The fourth-order valence-corrected chi connectivity index (χ4v) is 1.45. The molecule has 20 heavy (non-hydrogen) atoms. The lowest BCUT2D eigenvalue weighted by atomic mass is 10.3. The third-order valence-electron chi connectivity index (χ3n) is 2.74. The minimum absolute atomic E-state index is 0.00608. The van der Waals surface area contributed by atoms with Crippen molar-refractivity contribution in [3.8, 4) is 5.75 Å². The lowest BCUT2D eigenvalue weighted by Gasteiger charge is -2.15. The third kappa shape index (κ3) is 5.71. The molecule has 2 amide bonds. The number of hydrogen-bond acceptors (Lipinski definition) is 4. The first-order valence-corrected chi connectivity index (χ1v) is 6.47. The zero-order valence-corrected chi connectivity index (χ0v) is 11.9. The summed E-state index contributed by atoms with van der Waals surface area (Å²) in [5, 5.41) is 2.73. The zero-order valence-electron chi connectivity index (χ0n) is 11.9. The van der Waals surface area contributed by atoms with Gasteiger partial charge in [-0.2, -0.15) is 0 Å². The van der Waals surface area contributed by atoms with Crippen molar-refractivity contribution in [1.29, 1.82) is 0 Å². The van der Waals surface area contributed by atoms with Crippen LogP contribution in [0.25, 0.3) is 0 Å². The molecule has 0 bridgehead atoms. The number of ether oxygens (including phenoxy) is 1. The van der Waals surface area contributed by atoms with Gasteiger partial charge in [0.15, 0.2) is 0 Å². The van der Waals surface area contributed by atoms with E-state index in [2.05, 4.69) is 5.32 Å². The minimum Gasteiger partial charge on any atom is -0.492 e. The Bertz CT molecular complexity index is 445. The van der Waals surface area contributed by atoms with Crippen LogP contribution in [0.2, 0.25) is 0 Å². The number of likely N-dealkylation sites (N-methyl/N-ethyl adjacent to an activating group) is 1. The minimum atomic E-state index is -0.107. The van der Waals surface area contributed by atoms with Crippen LogP contribution in [0.4, 0.5) is 5.69 Å². The van der Waals surface area contributed by atoms with Crippen molar-refractivity contribution in [1.82, 2.24) is 4.90 Å². The molecule has 0 fully saturated rings.